The van der Waals surface area contributed by atoms with Crippen LogP contribution in [0.25, 0.3) is 33.9 Å². The van der Waals surface area contributed by atoms with Crippen molar-refractivity contribution < 1.29 is 13.9 Å². The molecule has 1 amide bonds. The van der Waals surface area contributed by atoms with Gasteiger partial charge in [0.25, 0.3) is 5.22 Å². The first kappa shape index (κ1) is 23.9. The van der Waals surface area contributed by atoms with Gasteiger partial charge in [0.05, 0.1) is 23.9 Å². The summed E-state index contributed by atoms with van der Waals surface area (Å²) in [5, 5.41) is 8.66. The van der Waals surface area contributed by atoms with Crippen LogP contribution in [0.3, 0.4) is 0 Å². The van der Waals surface area contributed by atoms with Gasteiger partial charge >= 0.3 is 0 Å². The van der Waals surface area contributed by atoms with Crippen LogP contribution in [0.4, 0.5) is 5.95 Å². The van der Waals surface area contributed by atoms with E-state index < -0.39 is 0 Å². The van der Waals surface area contributed by atoms with Gasteiger partial charge in [-0.1, -0.05) is 11.8 Å². The maximum atomic E-state index is 12.7. The van der Waals surface area contributed by atoms with E-state index in [0.29, 0.717) is 43.2 Å². The Bertz CT molecular complexity index is 1550. The summed E-state index contributed by atoms with van der Waals surface area (Å²) in [6.45, 7) is 2.63. The zero-order valence-corrected chi connectivity index (χ0v) is 21.4. The van der Waals surface area contributed by atoms with Gasteiger partial charge in [-0.25, -0.2) is 15.0 Å². The van der Waals surface area contributed by atoms with E-state index in [4.69, 9.17) is 9.15 Å². The molecular formula is C26H24N8O3S. The van der Waals surface area contributed by atoms with Crippen LogP contribution in [-0.2, 0) is 4.79 Å². The number of hydrogen-bond acceptors (Lipinski definition) is 10. The standard InChI is InChI=1S/C26H24N8O3S/c1-36-19-6-3-17(4-7-19)23-29-20-8-5-18(15-21(20)30-23)24-31-32-26(37-24)38-16-22(35)33-11-13-34(14-12-33)25-27-9-2-10-28-25/h2-10,15H,11-14,16H2,1H3,(H,29,30). The van der Waals surface area contributed by atoms with Gasteiger partial charge < -0.3 is 23.9 Å². The minimum atomic E-state index is 0.0355. The maximum Gasteiger partial charge on any atom is 0.277 e. The Hall–Kier alpha value is -4.45. The highest BCUT2D eigenvalue weighted by Crippen LogP contribution is 2.28. The molecule has 0 atom stereocenters. The molecule has 1 N–H and O–H groups in total. The largest absolute Gasteiger partial charge is 0.497 e. The van der Waals surface area contributed by atoms with Gasteiger partial charge in [0, 0.05) is 49.7 Å². The van der Waals surface area contributed by atoms with Crippen molar-refractivity contribution in [3.05, 3.63) is 60.9 Å². The molecule has 1 saturated heterocycles. The lowest BCUT2D eigenvalue weighted by Gasteiger charge is -2.34. The van der Waals surface area contributed by atoms with Crippen LogP contribution in [-0.4, -0.2) is 80.0 Å². The monoisotopic (exact) mass is 528 g/mol. The molecule has 5 aromatic rings. The average Bonchev–Trinajstić information content (AvgIpc) is 3.63. The fourth-order valence-electron chi connectivity index (χ4n) is 4.24. The van der Waals surface area contributed by atoms with Crippen molar-refractivity contribution in [3.8, 4) is 28.6 Å². The van der Waals surface area contributed by atoms with Gasteiger partial charge in [0.2, 0.25) is 17.7 Å². The number of nitrogens with one attached hydrogen (secondary N) is 1. The number of benzene rings is 2. The van der Waals surface area contributed by atoms with Crippen molar-refractivity contribution in [2.75, 3.05) is 43.9 Å². The molecule has 0 unspecified atom stereocenters. The second kappa shape index (κ2) is 10.5. The van der Waals surface area contributed by atoms with Gasteiger partial charge in [-0.2, -0.15) is 0 Å². The van der Waals surface area contributed by atoms with Crippen molar-refractivity contribution in [1.82, 2.24) is 35.0 Å². The Kier molecular flexibility index (Phi) is 6.61. The van der Waals surface area contributed by atoms with Crippen molar-refractivity contribution in [2.45, 2.75) is 5.22 Å². The summed E-state index contributed by atoms with van der Waals surface area (Å²) in [5.41, 5.74) is 3.42. The van der Waals surface area contributed by atoms with Gasteiger partial charge in [-0.3, -0.25) is 4.79 Å². The summed E-state index contributed by atoms with van der Waals surface area (Å²) in [6, 6.07) is 15.2. The fourth-order valence-corrected chi connectivity index (χ4v) is 4.90. The van der Waals surface area contributed by atoms with Crippen LogP contribution in [0.5, 0.6) is 5.75 Å². The first-order chi connectivity index (χ1) is 18.7. The lowest BCUT2D eigenvalue weighted by Crippen LogP contribution is -2.49. The summed E-state index contributed by atoms with van der Waals surface area (Å²) in [4.78, 5) is 33.3. The zero-order valence-electron chi connectivity index (χ0n) is 20.6. The number of ether oxygens (including phenoxy) is 1. The molecule has 0 radical (unpaired) electrons. The molecule has 1 aliphatic heterocycles. The number of aromatic nitrogens is 6. The molecule has 2 aromatic carbocycles. The number of thioether (sulfide) groups is 1. The zero-order chi connectivity index (χ0) is 25.9. The Morgan fingerprint density at radius 3 is 2.55 bits per heavy atom. The highest BCUT2D eigenvalue weighted by Gasteiger charge is 2.23. The number of nitrogens with zero attached hydrogens (tertiary/aromatic N) is 7. The molecule has 12 heteroatoms. The maximum absolute atomic E-state index is 12.7. The third-order valence-corrected chi connectivity index (χ3v) is 7.09. The second-order valence-corrected chi connectivity index (χ2v) is 9.55. The lowest BCUT2D eigenvalue weighted by atomic mass is 10.2. The van der Waals surface area contributed by atoms with Gasteiger partial charge in [-0.15, -0.1) is 10.2 Å². The third kappa shape index (κ3) is 5.02. The first-order valence-electron chi connectivity index (χ1n) is 12.1. The number of fused-ring (bicyclic) bond motifs is 1. The van der Waals surface area contributed by atoms with E-state index in [1.165, 1.54) is 11.8 Å². The number of rotatable bonds is 7. The topological polar surface area (TPSA) is 126 Å². The molecule has 4 heterocycles. The summed E-state index contributed by atoms with van der Waals surface area (Å²) in [5.74, 6) is 2.90. The molecule has 11 nitrogen and oxygen atoms in total. The second-order valence-electron chi connectivity index (χ2n) is 8.62. The number of piperazine rings is 1. The number of H-pyrrole nitrogens is 1. The van der Waals surface area contributed by atoms with Crippen LogP contribution in [0.15, 0.2) is 70.6 Å². The van der Waals surface area contributed by atoms with E-state index >= 15 is 0 Å². The van der Waals surface area contributed by atoms with Gasteiger partial charge in [0.1, 0.15) is 11.6 Å². The smallest absolute Gasteiger partial charge is 0.277 e. The number of methoxy groups -OCH3 is 1. The molecule has 0 spiro atoms. The highest BCUT2D eigenvalue weighted by atomic mass is 32.2. The normalized spacial score (nSPS) is 13.7. The van der Waals surface area contributed by atoms with E-state index in [-0.39, 0.29) is 11.7 Å². The Balaban J connectivity index is 1.07. The number of imidazole rings is 1. The number of amides is 1. The number of hydrogen-bond donors (Lipinski definition) is 1. The summed E-state index contributed by atoms with van der Waals surface area (Å²) in [6.07, 6.45) is 3.45. The van der Waals surface area contributed by atoms with Crippen LogP contribution in [0.1, 0.15) is 0 Å². The first-order valence-corrected chi connectivity index (χ1v) is 13.1. The summed E-state index contributed by atoms with van der Waals surface area (Å²) < 4.78 is 11.1. The Morgan fingerprint density at radius 2 is 1.79 bits per heavy atom. The van der Waals surface area contributed by atoms with Gasteiger partial charge in [-0.05, 0) is 48.5 Å². The average molecular weight is 529 g/mol. The highest BCUT2D eigenvalue weighted by molar-refractivity contribution is 7.99. The number of aromatic amines is 1. The van der Waals surface area contributed by atoms with E-state index in [2.05, 4.69) is 35.0 Å². The van der Waals surface area contributed by atoms with E-state index in [9.17, 15) is 4.79 Å². The minimum Gasteiger partial charge on any atom is -0.497 e. The molecule has 6 rings (SSSR count). The molecule has 0 bridgehead atoms. The van der Waals surface area contributed by atoms with Crippen LogP contribution in [0.2, 0.25) is 0 Å². The molecular weight excluding hydrogens is 504 g/mol. The van der Waals surface area contributed by atoms with Crippen molar-refractivity contribution in [2.24, 2.45) is 0 Å². The minimum absolute atomic E-state index is 0.0355. The quantitative estimate of drug-likeness (QED) is 0.314. The molecule has 38 heavy (non-hydrogen) atoms. The number of carbonyl (C=O) groups excluding carboxylic acids is 1. The fraction of sp³-hybridized carbons (Fsp3) is 0.231. The van der Waals surface area contributed by atoms with Gasteiger partial charge in [0.15, 0.2) is 0 Å². The Morgan fingerprint density at radius 1 is 1.03 bits per heavy atom. The SMILES string of the molecule is COc1ccc(-c2nc3ccc(-c4nnc(SCC(=O)N5CCN(c6ncccn6)CC5)o4)cc3[nH]2)cc1. The molecule has 192 valence electrons. The molecule has 0 saturated carbocycles. The molecule has 3 aromatic heterocycles. The predicted octanol–water partition coefficient (Wildman–Crippen LogP) is 3.52. The summed E-state index contributed by atoms with van der Waals surface area (Å²) in [7, 11) is 1.64. The summed E-state index contributed by atoms with van der Waals surface area (Å²) >= 11 is 1.24. The van der Waals surface area contributed by atoms with Crippen molar-refractivity contribution in [1.29, 1.82) is 0 Å². The van der Waals surface area contributed by atoms with E-state index in [0.717, 1.165) is 33.7 Å². The van der Waals surface area contributed by atoms with Crippen molar-refractivity contribution >= 4 is 34.7 Å². The van der Waals surface area contributed by atoms with E-state index in [1.54, 1.807) is 25.6 Å². The number of carbonyl (C=O) groups is 1. The molecule has 1 fully saturated rings. The van der Waals surface area contributed by atoms with Crippen LogP contribution >= 0.6 is 11.8 Å². The third-order valence-electron chi connectivity index (χ3n) is 6.29. The Labute approximate surface area is 222 Å². The molecule has 1 aliphatic rings. The van der Waals surface area contributed by atoms with Crippen LogP contribution in [0, 0.1) is 0 Å². The van der Waals surface area contributed by atoms with E-state index in [1.807, 2.05) is 47.4 Å². The molecule has 0 aliphatic carbocycles. The van der Waals surface area contributed by atoms with Crippen molar-refractivity contribution in [3.63, 3.8) is 0 Å². The van der Waals surface area contributed by atoms with Crippen LogP contribution < -0.4 is 9.64 Å². The predicted molar refractivity (Wildman–Crippen MR) is 143 cm³/mol. The lowest BCUT2D eigenvalue weighted by molar-refractivity contribution is -0.128. The number of anilines is 1.